The maximum atomic E-state index is 10.6. The van der Waals surface area contributed by atoms with E-state index in [1.807, 2.05) is 36.0 Å². The molecule has 2 atom stereocenters. The number of thioether (sulfide) groups is 1. The van der Waals surface area contributed by atoms with Crippen LogP contribution in [0.2, 0.25) is 0 Å². The molecule has 0 radical (unpaired) electrons. The Hall–Kier alpha value is -2.09. The third kappa shape index (κ3) is 1.54. The molecule has 0 spiro atoms. The largest absolute Gasteiger partial charge is 0.240 e. The number of fused-ring (bicyclic) bond motifs is 2. The fourth-order valence-corrected chi connectivity index (χ4v) is 4.20. The molecule has 96 valence electrons. The van der Waals surface area contributed by atoms with E-state index in [0.717, 1.165) is 5.39 Å². The van der Waals surface area contributed by atoms with Crippen molar-refractivity contribution in [3.8, 4) is 0 Å². The fraction of sp³-hybridized carbons (Fsp3) is 0.118. The van der Waals surface area contributed by atoms with E-state index < -0.39 is 0 Å². The number of allylic oxidation sites excluding steroid dienone is 2. The molecule has 3 heteroatoms. The van der Waals surface area contributed by atoms with E-state index in [1.54, 1.807) is 6.08 Å². The van der Waals surface area contributed by atoms with Crippen molar-refractivity contribution >= 4 is 34.3 Å². The molecule has 0 aromatic heterocycles. The Kier molecular flexibility index (Phi) is 2.46. The Morgan fingerprint density at radius 3 is 2.75 bits per heavy atom. The summed E-state index contributed by atoms with van der Waals surface area (Å²) in [6, 6.07) is 12.1. The van der Waals surface area contributed by atoms with Crippen LogP contribution in [0.25, 0.3) is 10.8 Å². The first-order chi connectivity index (χ1) is 9.85. The first kappa shape index (κ1) is 11.7. The number of nitrogens with zero attached hydrogens (tertiary/aromatic N) is 1. The van der Waals surface area contributed by atoms with Gasteiger partial charge in [0.1, 0.15) is 0 Å². The molecule has 0 N–H and O–H groups in total. The molecule has 20 heavy (non-hydrogen) atoms. The zero-order chi connectivity index (χ0) is 13.6. The van der Waals surface area contributed by atoms with E-state index in [9.17, 15) is 4.79 Å². The van der Waals surface area contributed by atoms with Gasteiger partial charge in [0.15, 0.2) is 0 Å². The topological polar surface area (TPSA) is 29.4 Å². The van der Waals surface area contributed by atoms with Gasteiger partial charge in [0.25, 0.3) is 0 Å². The summed E-state index contributed by atoms with van der Waals surface area (Å²) in [5, 5.41) is 2.70. The van der Waals surface area contributed by atoms with Crippen molar-refractivity contribution in [1.29, 1.82) is 0 Å². The van der Waals surface area contributed by atoms with E-state index in [4.69, 9.17) is 0 Å². The highest BCUT2D eigenvalue weighted by molar-refractivity contribution is 8.08. The normalized spacial score (nSPS) is 26.1. The van der Waals surface area contributed by atoms with E-state index in [-0.39, 0.29) is 4.75 Å². The van der Waals surface area contributed by atoms with Crippen molar-refractivity contribution in [3.05, 3.63) is 66.3 Å². The van der Waals surface area contributed by atoms with Gasteiger partial charge in [0.2, 0.25) is 6.08 Å². The van der Waals surface area contributed by atoms with E-state index in [2.05, 4.69) is 41.4 Å². The predicted molar refractivity (Wildman–Crippen MR) is 83.1 cm³/mol. The van der Waals surface area contributed by atoms with Gasteiger partial charge in [-0.1, -0.05) is 54.6 Å². The SMILES string of the molecule is O=C=Nc1ccc(C23C=CC=CC2S3)c2ccccc12. The molecular weight excluding hydrogens is 266 g/mol. The second kappa shape index (κ2) is 4.20. The molecule has 0 saturated carbocycles. The van der Waals surface area contributed by atoms with Crippen LogP contribution < -0.4 is 0 Å². The third-order valence-electron chi connectivity index (χ3n) is 3.92. The number of aliphatic imine (C=N–C) groups is 1. The van der Waals surface area contributed by atoms with Gasteiger partial charge in [-0.2, -0.15) is 4.99 Å². The summed E-state index contributed by atoms with van der Waals surface area (Å²) in [7, 11) is 0. The van der Waals surface area contributed by atoms with E-state index in [0.29, 0.717) is 10.9 Å². The molecule has 2 aliphatic rings. The summed E-state index contributed by atoms with van der Waals surface area (Å²) < 4.78 is 0.0672. The lowest BCUT2D eigenvalue weighted by Crippen LogP contribution is -2.10. The van der Waals surface area contributed by atoms with Crippen LogP contribution in [-0.2, 0) is 9.54 Å². The van der Waals surface area contributed by atoms with Crippen molar-refractivity contribution in [1.82, 2.24) is 0 Å². The van der Waals surface area contributed by atoms with E-state index in [1.165, 1.54) is 10.9 Å². The third-order valence-corrected chi connectivity index (χ3v) is 5.45. The van der Waals surface area contributed by atoms with Crippen LogP contribution in [0, 0.1) is 0 Å². The number of hydrogen-bond donors (Lipinski definition) is 0. The van der Waals surface area contributed by atoms with Crippen molar-refractivity contribution in [3.63, 3.8) is 0 Å². The van der Waals surface area contributed by atoms with Crippen LogP contribution in [0.15, 0.2) is 65.7 Å². The van der Waals surface area contributed by atoms with Crippen molar-refractivity contribution in [2.75, 3.05) is 0 Å². The maximum absolute atomic E-state index is 10.6. The summed E-state index contributed by atoms with van der Waals surface area (Å²) in [5.41, 5.74) is 1.99. The highest BCUT2D eigenvalue weighted by atomic mass is 32.2. The molecule has 1 saturated heterocycles. The Balaban J connectivity index is 1.99. The van der Waals surface area contributed by atoms with Crippen LogP contribution in [0.4, 0.5) is 5.69 Å². The Labute approximate surface area is 120 Å². The number of hydrogen-bond acceptors (Lipinski definition) is 3. The smallest absolute Gasteiger partial charge is 0.211 e. The molecule has 0 bridgehead atoms. The predicted octanol–water partition coefficient (Wildman–Crippen LogP) is 4.24. The van der Waals surface area contributed by atoms with Gasteiger partial charge in [-0.05, 0) is 17.0 Å². The minimum absolute atomic E-state index is 0.0672. The fourth-order valence-electron chi connectivity index (χ4n) is 2.93. The molecule has 2 aromatic rings. The van der Waals surface area contributed by atoms with Crippen LogP contribution in [0.5, 0.6) is 0 Å². The molecule has 1 heterocycles. The van der Waals surface area contributed by atoms with Gasteiger partial charge in [-0.15, -0.1) is 11.8 Å². The molecule has 1 fully saturated rings. The van der Waals surface area contributed by atoms with Gasteiger partial charge in [-0.3, -0.25) is 0 Å². The lowest BCUT2D eigenvalue weighted by Gasteiger charge is -2.16. The molecular formula is C17H11NOS. The van der Waals surface area contributed by atoms with Crippen LogP contribution in [-0.4, -0.2) is 11.3 Å². The average Bonchev–Trinajstić information content (AvgIpc) is 3.23. The summed E-state index contributed by atoms with van der Waals surface area (Å²) in [6.07, 6.45) is 10.4. The van der Waals surface area contributed by atoms with Gasteiger partial charge in [0.05, 0.1) is 10.4 Å². The van der Waals surface area contributed by atoms with Gasteiger partial charge >= 0.3 is 0 Å². The van der Waals surface area contributed by atoms with Crippen LogP contribution in [0.3, 0.4) is 0 Å². The van der Waals surface area contributed by atoms with Gasteiger partial charge in [-0.25, -0.2) is 4.79 Å². The quantitative estimate of drug-likeness (QED) is 0.466. The van der Waals surface area contributed by atoms with Gasteiger partial charge in [0, 0.05) is 10.6 Å². The number of carbonyl (C=O) groups excluding carboxylic acids is 1. The Morgan fingerprint density at radius 2 is 1.95 bits per heavy atom. The lowest BCUT2D eigenvalue weighted by molar-refractivity contribution is 0.565. The summed E-state index contributed by atoms with van der Waals surface area (Å²) >= 11 is 1.95. The molecule has 1 aliphatic carbocycles. The van der Waals surface area contributed by atoms with Gasteiger partial charge < -0.3 is 0 Å². The highest BCUT2D eigenvalue weighted by Gasteiger charge is 2.54. The van der Waals surface area contributed by atoms with Crippen molar-refractivity contribution in [2.24, 2.45) is 4.99 Å². The Bertz CT molecular complexity index is 817. The number of benzene rings is 2. The zero-order valence-electron chi connectivity index (χ0n) is 10.6. The van der Waals surface area contributed by atoms with Crippen molar-refractivity contribution in [2.45, 2.75) is 10.00 Å². The Morgan fingerprint density at radius 1 is 1.10 bits per heavy atom. The molecule has 0 amide bonds. The average molecular weight is 277 g/mol. The standard InChI is InChI=1S/C17H11NOS/c19-11-18-15-9-8-14(12-5-1-2-6-13(12)15)17-10-4-3-7-16(17)20-17/h1-10,16H. The molecule has 2 nitrogen and oxygen atoms in total. The zero-order valence-corrected chi connectivity index (χ0v) is 11.4. The maximum Gasteiger partial charge on any atom is 0.240 e. The number of isocyanates is 1. The minimum atomic E-state index is 0.0672. The van der Waals surface area contributed by atoms with Crippen LogP contribution in [0.1, 0.15) is 5.56 Å². The lowest BCUT2D eigenvalue weighted by atomic mass is 9.88. The highest BCUT2D eigenvalue weighted by Crippen LogP contribution is 2.65. The summed E-state index contributed by atoms with van der Waals surface area (Å²) in [6.45, 7) is 0. The van der Waals surface area contributed by atoms with Crippen LogP contribution >= 0.6 is 11.8 Å². The first-order valence-corrected chi connectivity index (χ1v) is 7.37. The minimum Gasteiger partial charge on any atom is -0.211 e. The van der Waals surface area contributed by atoms with E-state index >= 15 is 0 Å². The first-order valence-electron chi connectivity index (χ1n) is 6.49. The number of rotatable bonds is 2. The summed E-state index contributed by atoms with van der Waals surface area (Å²) in [5.74, 6) is 0. The second-order valence-electron chi connectivity index (χ2n) is 4.96. The second-order valence-corrected chi connectivity index (χ2v) is 6.38. The summed E-state index contributed by atoms with van der Waals surface area (Å²) in [4.78, 5) is 14.4. The molecule has 2 aromatic carbocycles. The molecule has 2 unspecified atom stereocenters. The monoisotopic (exact) mass is 277 g/mol. The van der Waals surface area contributed by atoms with Crippen molar-refractivity contribution < 1.29 is 4.79 Å². The molecule has 4 rings (SSSR count). The molecule has 1 aliphatic heterocycles.